The Morgan fingerprint density at radius 3 is 3.09 bits per heavy atom. The van der Waals surface area contributed by atoms with Gasteiger partial charge in [-0.1, -0.05) is 29.8 Å². The van der Waals surface area contributed by atoms with E-state index >= 15 is 0 Å². The first-order valence-electron chi connectivity index (χ1n) is 7.62. The van der Waals surface area contributed by atoms with Gasteiger partial charge in [0.25, 0.3) is 0 Å². The van der Waals surface area contributed by atoms with Crippen molar-refractivity contribution in [3.63, 3.8) is 0 Å². The van der Waals surface area contributed by atoms with Gasteiger partial charge in [-0.05, 0) is 25.0 Å². The molecule has 1 aromatic carbocycles. The Morgan fingerprint density at radius 2 is 2.26 bits per heavy atom. The summed E-state index contributed by atoms with van der Waals surface area (Å²) in [5.74, 6) is 1.76. The van der Waals surface area contributed by atoms with Crippen LogP contribution in [0.3, 0.4) is 0 Å². The third-order valence-electron chi connectivity index (χ3n) is 3.95. The predicted octanol–water partition coefficient (Wildman–Crippen LogP) is 1.89. The molecule has 0 saturated heterocycles. The van der Waals surface area contributed by atoms with Crippen LogP contribution in [0.5, 0.6) is 0 Å². The van der Waals surface area contributed by atoms with E-state index in [1.165, 1.54) is 0 Å². The highest BCUT2D eigenvalue weighted by molar-refractivity contribution is 6.31. The Bertz CT molecular complexity index is 701. The lowest BCUT2D eigenvalue weighted by atomic mass is 10.1. The van der Waals surface area contributed by atoms with Crippen LogP contribution in [-0.4, -0.2) is 33.3 Å². The van der Waals surface area contributed by atoms with E-state index < -0.39 is 0 Å². The fourth-order valence-electron chi connectivity index (χ4n) is 2.72. The zero-order valence-electron chi connectivity index (χ0n) is 13.0. The Hall–Kier alpha value is -1.92. The number of benzene rings is 1. The van der Waals surface area contributed by atoms with E-state index in [0.717, 1.165) is 30.1 Å². The number of amides is 1. The number of nitrogens with one attached hydrogen (secondary N) is 1. The zero-order chi connectivity index (χ0) is 16.2. The van der Waals surface area contributed by atoms with Crippen molar-refractivity contribution < 1.29 is 9.53 Å². The lowest BCUT2D eigenvalue weighted by Gasteiger charge is -2.24. The van der Waals surface area contributed by atoms with E-state index in [1.807, 2.05) is 25.1 Å². The molecule has 0 unspecified atom stereocenters. The Kier molecular flexibility index (Phi) is 4.93. The molecule has 1 atom stereocenters. The van der Waals surface area contributed by atoms with Gasteiger partial charge in [0.2, 0.25) is 5.91 Å². The molecule has 122 valence electrons. The van der Waals surface area contributed by atoms with E-state index in [1.54, 1.807) is 6.07 Å². The van der Waals surface area contributed by atoms with Gasteiger partial charge in [-0.3, -0.25) is 4.79 Å². The standard InChI is InChI=1S/C16H19ClN4O2/c1-11-19-20-15-7-6-13(8-21(11)15)18-16(22)10-23-9-12-4-2-3-5-14(12)17/h2-5,13H,6-10H2,1H3,(H,18,22)/t13-/m1/s1. The van der Waals surface area contributed by atoms with Crippen molar-refractivity contribution in [1.29, 1.82) is 0 Å². The number of halogens is 1. The van der Waals surface area contributed by atoms with Crippen LogP contribution in [-0.2, 0) is 29.1 Å². The summed E-state index contributed by atoms with van der Waals surface area (Å²) in [6, 6.07) is 7.54. The summed E-state index contributed by atoms with van der Waals surface area (Å²) in [5.41, 5.74) is 0.879. The minimum Gasteiger partial charge on any atom is -0.367 e. The number of aromatic nitrogens is 3. The summed E-state index contributed by atoms with van der Waals surface area (Å²) in [6.07, 6.45) is 1.70. The molecular weight excluding hydrogens is 316 g/mol. The highest BCUT2D eigenvalue weighted by atomic mass is 35.5. The van der Waals surface area contributed by atoms with Crippen LogP contribution < -0.4 is 5.32 Å². The lowest BCUT2D eigenvalue weighted by molar-refractivity contribution is -0.127. The van der Waals surface area contributed by atoms with Crippen LogP contribution in [0.1, 0.15) is 23.6 Å². The van der Waals surface area contributed by atoms with Gasteiger partial charge in [0.15, 0.2) is 0 Å². The second kappa shape index (κ2) is 7.10. The number of aryl methyl sites for hydroxylation is 2. The number of carbonyl (C=O) groups excluding carboxylic acids is 1. The van der Waals surface area contributed by atoms with E-state index in [9.17, 15) is 4.79 Å². The number of nitrogens with zero attached hydrogens (tertiary/aromatic N) is 3. The molecule has 0 spiro atoms. The van der Waals surface area contributed by atoms with E-state index in [4.69, 9.17) is 16.3 Å². The number of rotatable bonds is 5. The number of carbonyl (C=O) groups is 1. The van der Waals surface area contributed by atoms with Gasteiger partial charge >= 0.3 is 0 Å². The van der Waals surface area contributed by atoms with Gasteiger partial charge in [0.05, 0.1) is 6.61 Å². The molecule has 23 heavy (non-hydrogen) atoms. The van der Waals surface area contributed by atoms with Gasteiger partial charge in [0, 0.05) is 24.0 Å². The molecule has 6 nitrogen and oxygen atoms in total. The molecule has 0 saturated carbocycles. The Morgan fingerprint density at radius 1 is 1.43 bits per heavy atom. The molecule has 0 bridgehead atoms. The Labute approximate surface area is 139 Å². The molecule has 1 N–H and O–H groups in total. The number of fused-ring (bicyclic) bond motifs is 1. The first-order valence-corrected chi connectivity index (χ1v) is 8.00. The largest absolute Gasteiger partial charge is 0.367 e. The Balaban J connectivity index is 1.45. The summed E-state index contributed by atoms with van der Waals surface area (Å²) < 4.78 is 7.51. The molecule has 1 amide bonds. The highest BCUT2D eigenvalue weighted by Gasteiger charge is 2.22. The molecule has 1 aliphatic heterocycles. The third-order valence-corrected chi connectivity index (χ3v) is 4.31. The maximum Gasteiger partial charge on any atom is 0.246 e. The van der Waals surface area contributed by atoms with Crippen LogP contribution in [0.4, 0.5) is 0 Å². The van der Waals surface area contributed by atoms with Crippen LogP contribution in [0.15, 0.2) is 24.3 Å². The molecule has 2 heterocycles. The molecule has 3 rings (SSSR count). The fraction of sp³-hybridized carbons (Fsp3) is 0.438. The van der Waals surface area contributed by atoms with Crippen molar-refractivity contribution in [2.75, 3.05) is 6.61 Å². The fourth-order valence-corrected chi connectivity index (χ4v) is 2.91. The van der Waals surface area contributed by atoms with Gasteiger partial charge in [-0.2, -0.15) is 0 Å². The van der Waals surface area contributed by atoms with Crippen LogP contribution >= 0.6 is 11.6 Å². The average Bonchev–Trinajstić information content (AvgIpc) is 2.90. The minimum atomic E-state index is -0.115. The van der Waals surface area contributed by atoms with Crippen LogP contribution in [0, 0.1) is 6.92 Å². The second-order valence-electron chi connectivity index (χ2n) is 5.66. The first-order chi connectivity index (χ1) is 11.1. The van der Waals surface area contributed by atoms with Crippen LogP contribution in [0.25, 0.3) is 0 Å². The molecule has 1 aliphatic rings. The maximum atomic E-state index is 12.0. The lowest BCUT2D eigenvalue weighted by Crippen LogP contribution is -2.42. The van der Waals surface area contributed by atoms with E-state index in [-0.39, 0.29) is 18.6 Å². The molecule has 0 fully saturated rings. The number of hydrogen-bond donors (Lipinski definition) is 1. The maximum absolute atomic E-state index is 12.0. The first kappa shape index (κ1) is 16.0. The normalized spacial score (nSPS) is 16.9. The SMILES string of the molecule is Cc1nnc2n1C[C@H](NC(=O)COCc1ccccc1Cl)CC2. The van der Waals surface area contributed by atoms with Crippen molar-refractivity contribution in [2.45, 2.75) is 39.0 Å². The second-order valence-corrected chi connectivity index (χ2v) is 6.07. The van der Waals surface area contributed by atoms with E-state index in [0.29, 0.717) is 18.2 Å². The van der Waals surface area contributed by atoms with Gasteiger partial charge < -0.3 is 14.6 Å². The minimum absolute atomic E-state index is 0.0236. The summed E-state index contributed by atoms with van der Waals surface area (Å²) in [7, 11) is 0. The monoisotopic (exact) mass is 334 g/mol. The van der Waals surface area contributed by atoms with Crippen LogP contribution in [0.2, 0.25) is 5.02 Å². The number of hydrogen-bond acceptors (Lipinski definition) is 4. The van der Waals surface area contributed by atoms with Crippen molar-refractivity contribution >= 4 is 17.5 Å². The predicted molar refractivity (Wildman–Crippen MR) is 86.1 cm³/mol. The summed E-state index contributed by atoms with van der Waals surface area (Å²) >= 11 is 6.05. The van der Waals surface area contributed by atoms with Gasteiger partial charge in [0.1, 0.15) is 18.3 Å². The molecule has 1 aromatic heterocycles. The summed E-state index contributed by atoms with van der Waals surface area (Å²) in [5, 5.41) is 11.8. The summed E-state index contributed by atoms with van der Waals surface area (Å²) in [4.78, 5) is 12.0. The molecular formula is C16H19ClN4O2. The zero-order valence-corrected chi connectivity index (χ0v) is 13.7. The van der Waals surface area contributed by atoms with Crippen molar-refractivity contribution in [3.8, 4) is 0 Å². The topological polar surface area (TPSA) is 69.0 Å². The number of ether oxygens (including phenoxy) is 1. The molecule has 0 aliphatic carbocycles. The van der Waals surface area contributed by atoms with Crippen molar-refractivity contribution in [1.82, 2.24) is 20.1 Å². The van der Waals surface area contributed by atoms with E-state index in [2.05, 4.69) is 20.1 Å². The average molecular weight is 335 g/mol. The smallest absolute Gasteiger partial charge is 0.246 e. The van der Waals surface area contributed by atoms with Gasteiger partial charge in [-0.15, -0.1) is 10.2 Å². The highest BCUT2D eigenvalue weighted by Crippen LogP contribution is 2.16. The third kappa shape index (κ3) is 3.89. The van der Waals surface area contributed by atoms with Gasteiger partial charge in [-0.25, -0.2) is 0 Å². The molecule has 0 radical (unpaired) electrons. The van der Waals surface area contributed by atoms with Crippen molar-refractivity contribution in [2.24, 2.45) is 0 Å². The molecule has 2 aromatic rings. The molecule has 7 heteroatoms. The summed E-state index contributed by atoms with van der Waals surface area (Å²) in [6.45, 7) is 2.99. The quantitative estimate of drug-likeness (QED) is 0.906. The van der Waals surface area contributed by atoms with Crippen molar-refractivity contribution in [3.05, 3.63) is 46.5 Å².